The van der Waals surface area contributed by atoms with Gasteiger partial charge in [0.15, 0.2) is 16.7 Å². The van der Waals surface area contributed by atoms with Crippen molar-refractivity contribution in [3.63, 3.8) is 0 Å². The van der Waals surface area contributed by atoms with Crippen molar-refractivity contribution in [2.75, 3.05) is 18.0 Å². The summed E-state index contributed by atoms with van der Waals surface area (Å²) in [6.45, 7) is 6.08. The molecule has 32 heavy (non-hydrogen) atoms. The molecule has 3 aromatic rings. The highest BCUT2D eigenvalue weighted by Crippen LogP contribution is 2.32. The fraction of sp³-hybridized carbons (Fsp3) is 0.273. The maximum absolute atomic E-state index is 14.2. The number of carbonyl (C=O) groups is 2. The number of nitrogens with two attached hydrogens (primary N) is 1. The van der Waals surface area contributed by atoms with Gasteiger partial charge in [0.05, 0.1) is 21.2 Å². The Morgan fingerprint density at radius 2 is 1.94 bits per heavy atom. The molecule has 0 bridgehead atoms. The summed E-state index contributed by atoms with van der Waals surface area (Å²) in [5, 5.41) is 17.4. The Bertz CT molecular complexity index is 1210. The minimum absolute atomic E-state index is 0.187. The SMILES string of the molecule is CCN(CC(C)(C)C(=O)O)c1nc2ccc(C(=O)Oc3ccc(C(=N)N)cc3F)cc2s1. The summed E-state index contributed by atoms with van der Waals surface area (Å²) in [7, 11) is 0. The molecule has 4 N–H and O–H groups in total. The first-order valence-corrected chi connectivity index (χ1v) is 10.6. The smallest absolute Gasteiger partial charge is 0.343 e. The molecule has 0 amide bonds. The van der Waals surface area contributed by atoms with E-state index in [0.29, 0.717) is 21.9 Å². The zero-order valence-corrected chi connectivity index (χ0v) is 18.6. The van der Waals surface area contributed by atoms with Gasteiger partial charge in [-0.3, -0.25) is 10.2 Å². The van der Waals surface area contributed by atoms with Crippen LogP contribution in [-0.2, 0) is 4.79 Å². The number of carboxylic acid groups (broad SMARTS) is 1. The lowest BCUT2D eigenvalue weighted by molar-refractivity contribution is -0.146. The van der Waals surface area contributed by atoms with E-state index in [-0.39, 0.29) is 29.3 Å². The zero-order valence-electron chi connectivity index (χ0n) is 17.8. The number of ether oxygens (including phenoxy) is 1. The quantitative estimate of drug-likeness (QED) is 0.202. The minimum atomic E-state index is -0.954. The Morgan fingerprint density at radius 1 is 1.25 bits per heavy atom. The first kappa shape index (κ1) is 23.1. The van der Waals surface area contributed by atoms with Crippen molar-refractivity contribution in [1.82, 2.24) is 4.98 Å². The molecule has 0 radical (unpaired) electrons. The lowest BCUT2D eigenvalue weighted by Crippen LogP contribution is -2.39. The minimum Gasteiger partial charge on any atom is -0.481 e. The zero-order chi connectivity index (χ0) is 23.6. The van der Waals surface area contributed by atoms with Gasteiger partial charge < -0.3 is 20.5 Å². The van der Waals surface area contributed by atoms with Gasteiger partial charge in [-0.2, -0.15) is 0 Å². The van der Waals surface area contributed by atoms with Crippen molar-refractivity contribution in [3.05, 3.63) is 53.3 Å². The second kappa shape index (κ2) is 8.91. The van der Waals surface area contributed by atoms with E-state index in [2.05, 4.69) is 4.98 Å². The number of hydrogen-bond donors (Lipinski definition) is 3. The normalized spacial score (nSPS) is 11.4. The lowest BCUT2D eigenvalue weighted by atomic mass is 9.93. The molecular weight excluding hydrogens is 435 g/mol. The summed E-state index contributed by atoms with van der Waals surface area (Å²) in [6.07, 6.45) is 0. The fourth-order valence-corrected chi connectivity index (χ4v) is 4.01. The van der Waals surface area contributed by atoms with Crippen molar-refractivity contribution in [1.29, 1.82) is 5.41 Å². The molecule has 168 valence electrons. The standard InChI is InChI=1S/C22H23FN4O4S/c1-4-27(11-22(2,3)20(29)30)21-26-15-7-5-13(10-17(15)32-21)19(28)31-16-8-6-12(18(24)25)9-14(16)23/h5-10H,4,11H2,1-3H3,(H3,24,25)(H,29,30). The van der Waals surface area contributed by atoms with E-state index < -0.39 is 23.2 Å². The van der Waals surface area contributed by atoms with Crippen LogP contribution in [-0.4, -0.2) is 41.0 Å². The molecule has 0 spiro atoms. The van der Waals surface area contributed by atoms with Crippen molar-refractivity contribution in [2.45, 2.75) is 20.8 Å². The van der Waals surface area contributed by atoms with E-state index in [0.717, 1.165) is 6.07 Å². The molecule has 0 unspecified atom stereocenters. The maximum atomic E-state index is 14.2. The third-order valence-electron chi connectivity index (χ3n) is 4.88. The third-order valence-corrected chi connectivity index (χ3v) is 5.95. The van der Waals surface area contributed by atoms with E-state index in [1.165, 1.54) is 29.5 Å². The predicted molar refractivity (Wildman–Crippen MR) is 121 cm³/mol. The fourth-order valence-electron chi connectivity index (χ4n) is 2.94. The second-order valence-corrected chi connectivity index (χ2v) is 8.84. The summed E-state index contributed by atoms with van der Waals surface area (Å²) in [5.74, 6) is -2.99. The van der Waals surface area contributed by atoms with E-state index in [1.54, 1.807) is 26.0 Å². The van der Waals surface area contributed by atoms with E-state index >= 15 is 0 Å². The molecule has 0 saturated heterocycles. The summed E-state index contributed by atoms with van der Waals surface area (Å²) in [4.78, 5) is 30.5. The average molecular weight is 459 g/mol. The van der Waals surface area contributed by atoms with Gasteiger partial charge >= 0.3 is 11.9 Å². The van der Waals surface area contributed by atoms with Crippen LogP contribution < -0.4 is 15.4 Å². The number of carbonyl (C=O) groups excluding carboxylic acids is 1. The number of rotatable bonds is 8. The molecule has 1 aromatic heterocycles. The number of esters is 1. The number of nitrogen functional groups attached to an aromatic ring is 1. The number of benzene rings is 2. The largest absolute Gasteiger partial charge is 0.481 e. The summed E-state index contributed by atoms with van der Waals surface area (Å²) < 4.78 is 20.1. The van der Waals surface area contributed by atoms with Crippen LogP contribution in [0.15, 0.2) is 36.4 Å². The molecule has 2 aromatic carbocycles. The van der Waals surface area contributed by atoms with Gasteiger partial charge in [-0.15, -0.1) is 0 Å². The van der Waals surface area contributed by atoms with Crippen LogP contribution in [0.1, 0.15) is 36.7 Å². The Morgan fingerprint density at radius 3 is 2.53 bits per heavy atom. The summed E-state index contributed by atoms with van der Waals surface area (Å²) >= 11 is 1.33. The third kappa shape index (κ3) is 4.86. The Labute approximate surface area is 187 Å². The molecule has 8 nitrogen and oxygen atoms in total. The predicted octanol–water partition coefficient (Wildman–Crippen LogP) is 3.88. The maximum Gasteiger partial charge on any atom is 0.343 e. The summed E-state index contributed by atoms with van der Waals surface area (Å²) in [6, 6.07) is 8.48. The molecule has 0 fully saturated rings. The highest BCUT2D eigenvalue weighted by atomic mass is 32.1. The molecule has 0 aliphatic rings. The van der Waals surface area contributed by atoms with Gasteiger partial charge in [0.1, 0.15) is 5.84 Å². The van der Waals surface area contributed by atoms with Crippen LogP contribution in [0.3, 0.4) is 0 Å². The Kier molecular flexibility index (Phi) is 6.45. The second-order valence-electron chi connectivity index (χ2n) is 7.83. The van der Waals surface area contributed by atoms with Gasteiger partial charge in [-0.05, 0) is 57.2 Å². The first-order valence-electron chi connectivity index (χ1n) is 9.77. The van der Waals surface area contributed by atoms with Crippen molar-refractivity contribution >= 4 is 44.5 Å². The Hall–Kier alpha value is -3.53. The molecule has 0 saturated carbocycles. The molecule has 0 aliphatic heterocycles. The molecule has 0 aliphatic carbocycles. The van der Waals surface area contributed by atoms with Crippen LogP contribution in [0.5, 0.6) is 5.75 Å². The lowest BCUT2D eigenvalue weighted by Gasteiger charge is -2.28. The number of thiazole rings is 1. The number of aliphatic carboxylic acids is 1. The molecular formula is C22H23FN4O4S. The number of nitrogens with zero attached hydrogens (tertiary/aromatic N) is 2. The number of carboxylic acids is 1. The molecule has 1 heterocycles. The van der Waals surface area contributed by atoms with Crippen LogP contribution in [0.25, 0.3) is 10.2 Å². The number of aromatic nitrogens is 1. The molecule has 0 atom stereocenters. The van der Waals surface area contributed by atoms with E-state index in [1.807, 2.05) is 11.8 Å². The van der Waals surface area contributed by atoms with Crippen LogP contribution in [0.2, 0.25) is 0 Å². The van der Waals surface area contributed by atoms with Crippen LogP contribution >= 0.6 is 11.3 Å². The number of hydrogen-bond acceptors (Lipinski definition) is 7. The van der Waals surface area contributed by atoms with Gasteiger partial charge in [0, 0.05) is 18.7 Å². The van der Waals surface area contributed by atoms with E-state index in [9.17, 15) is 19.1 Å². The average Bonchev–Trinajstić information content (AvgIpc) is 3.16. The van der Waals surface area contributed by atoms with Gasteiger partial charge in [-0.25, -0.2) is 14.2 Å². The molecule has 3 rings (SSSR count). The van der Waals surface area contributed by atoms with Gasteiger partial charge in [-0.1, -0.05) is 11.3 Å². The topological polar surface area (TPSA) is 130 Å². The van der Waals surface area contributed by atoms with Crippen molar-refractivity contribution in [2.24, 2.45) is 11.1 Å². The monoisotopic (exact) mass is 458 g/mol. The highest BCUT2D eigenvalue weighted by molar-refractivity contribution is 7.22. The van der Waals surface area contributed by atoms with Crippen LogP contribution in [0.4, 0.5) is 9.52 Å². The van der Waals surface area contributed by atoms with Crippen LogP contribution in [0, 0.1) is 16.6 Å². The van der Waals surface area contributed by atoms with E-state index in [4.69, 9.17) is 15.9 Å². The number of nitrogens with one attached hydrogen (secondary N) is 1. The number of anilines is 1. The van der Waals surface area contributed by atoms with Crippen molar-refractivity contribution in [3.8, 4) is 5.75 Å². The number of amidine groups is 1. The summed E-state index contributed by atoms with van der Waals surface area (Å²) in [5.41, 5.74) is 5.44. The van der Waals surface area contributed by atoms with Gasteiger partial charge in [0.25, 0.3) is 0 Å². The van der Waals surface area contributed by atoms with Gasteiger partial charge in [0.2, 0.25) is 0 Å². The number of halogens is 1. The Balaban J connectivity index is 1.83. The first-order chi connectivity index (χ1) is 15.0. The van der Waals surface area contributed by atoms with Crippen molar-refractivity contribution < 1.29 is 23.8 Å². The molecule has 10 heteroatoms. The highest BCUT2D eigenvalue weighted by Gasteiger charge is 2.30. The number of fused-ring (bicyclic) bond motifs is 1.